The summed E-state index contributed by atoms with van der Waals surface area (Å²) in [4.78, 5) is 15.6. The molecule has 0 aromatic rings. The fraction of sp³-hybridized carbons (Fsp3) is 0.636. The minimum Gasteiger partial charge on any atom is -0.449 e. The van der Waals surface area contributed by atoms with Crippen LogP contribution in [0.2, 0.25) is 0 Å². The first kappa shape index (κ1) is 11.8. The third-order valence-corrected chi connectivity index (χ3v) is 2.03. The first-order valence-corrected chi connectivity index (χ1v) is 5.11. The van der Waals surface area contributed by atoms with Crippen molar-refractivity contribution in [1.29, 1.82) is 0 Å². The normalized spacial score (nSPS) is 18.3. The molecule has 1 aliphatic rings. The summed E-state index contributed by atoms with van der Waals surface area (Å²) in [7, 11) is 0. The van der Waals surface area contributed by atoms with Crippen LogP contribution in [0.25, 0.3) is 0 Å². The molecule has 1 aliphatic heterocycles. The molecule has 0 saturated heterocycles. The van der Waals surface area contributed by atoms with Gasteiger partial charge in [0, 0.05) is 5.92 Å². The zero-order chi connectivity index (χ0) is 11.5. The average molecular weight is 210 g/mol. The molecule has 84 valence electrons. The van der Waals surface area contributed by atoms with Crippen molar-refractivity contribution in [3.05, 3.63) is 12.3 Å². The molecule has 0 saturated carbocycles. The van der Waals surface area contributed by atoms with Gasteiger partial charge in [-0.25, -0.2) is 4.99 Å². The number of carbonyl (C=O) groups is 1. The number of ether oxygens (including phenoxy) is 1. The summed E-state index contributed by atoms with van der Waals surface area (Å²) in [5, 5.41) is 2.76. The number of hydrogen-bond donors (Lipinski definition) is 1. The number of nitrogens with zero attached hydrogens (tertiary/aromatic N) is 1. The van der Waals surface area contributed by atoms with Crippen LogP contribution in [0.4, 0.5) is 0 Å². The van der Waals surface area contributed by atoms with Gasteiger partial charge in [-0.2, -0.15) is 0 Å². The van der Waals surface area contributed by atoms with E-state index in [2.05, 4.69) is 10.3 Å². The second-order valence-corrected chi connectivity index (χ2v) is 4.45. The van der Waals surface area contributed by atoms with E-state index < -0.39 is 0 Å². The molecule has 1 amide bonds. The SMILES string of the molecule is CC(C)C(=O)NCC1=NC(C)(C)C=CO1. The van der Waals surface area contributed by atoms with Crippen LogP contribution in [0.3, 0.4) is 0 Å². The van der Waals surface area contributed by atoms with Crippen LogP contribution in [-0.4, -0.2) is 23.9 Å². The second-order valence-electron chi connectivity index (χ2n) is 4.45. The van der Waals surface area contributed by atoms with Gasteiger partial charge in [0.1, 0.15) is 0 Å². The molecular formula is C11H18N2O2. The Hall–Kier alpha value is -1.32. The topological polar surface area (TPSA) is 50.7 Å². The molecule has 1 rings (SSSR count). The van der Waals surface area contributed by atoms with Crippen LogP contribution in [0, 0.1) is 5.92 Å². The van der Waals surface area contributed by atoms with Gasteiger partial charge in [-0.15, -0.1) is 0 Å². The van der Waals surface area contributed by atoms with Gasteiger partial charge >= 0.3 is 0 Å². The number of aliphatic imine (C=N–C) groups is 1. The molecule has 0 unspecified atom stereocenters. The maximum absolute atomic E-state index is 11.3. The molecule has 0 aliphatic carbocycles. The van der Waals surface area contributed by atoms with Gasteiger partial charge < -0.3 is 10.1 Å². The maximum Gasteiger partial charge on any atom is 0.222 e. The van der Waals surface area contributed by atoms with Crippen molar-refractivity contribution in [2.75, 3.05) is 6.54 Å². The predicted molar refractivity (Wildman–Crippen MR) is 59.6 cm³/mol. The molecular weight excluding hydrogens is 192 g/mol. The first-order chi connectivity index (χ1) is 6.91. The number of nitrogens with one attached hydrogen (secondary N) is 1. The smallest absolute Gasteiger partial charge is 0.222 e. The van der Waals surface area contributed by atoms with Gasteiger partial charge in [0.05, 0.1) is 18.3 Å². The molecule has 0 spiro atoms. The van der Waals surface area contributed by atoms with Gasteiger partial charge in [0.15, 0.2) is 0 Å². The number of rotatable bonds is 3. The van der Waals surface area contributed by atoms with Crippen LogP contribution in [0.1, 0.15) is 27.7 Å². The summed E-state index contributed by atoms with van der Waals surface area (Å²) >= 11 is 0. The number of carbonyl (C=O) groups excluding carboxylic acids is 1. The Bertz CT molecular complexity index is 304. The van der Waals surface area contributed by atoms with Gasteiger partial charge in [0.2, 0.25) is 11.8 Å². The summed E-state index contributed by atoms with van der Waals surface area (Å²) in [6.45, 7) is 8.02. The molecule has 4 nitrogen and oxygen atoms in total. The van der Waals surface area contributed by atoms with Gasteiger partial charge in [-0.1, -0.05) is 13.8 Å². The molecule has 4 heteroatoms. The molecule has 15 heavy (non-hydrogen) atoms. The van der Waals surface area contributed by atoms with Gasteiger partial charge in [-0.05, 0) is 19.9 Å². The second kappa shape index (κ2) is 4.47. The van der Waals surface area contributed by atoms with Crippen molar-refractivity contribution in [3.8, 4) is 0 Å². The van der Waals surface area contributed by atoms with E-state index in [1.807, 2.05) is 33.8 Å². The lowest BCUT2D eigenvalue weighted by Gasteiger charge is -2.21. The first-order valence-electron chi connectivity index (χ1n) is 5.11. The molecule has 0 bridgehead atoms. The lowest BCUT2D eigenvalue weighted by Crippen LogP contribution is -2.35. The average Bonchev–Trinajstić information content (AvgIpc) is 2.12. The Kier molecular flexibility index (Phi) is 3.50. The Balaban J connectivity index is 2.47. The molecule has 0 radical (unpaired) electrons. The molecule has 0 atom stereocenters. The molecule has 0 fully saturated rings. The van der Waals surface area contributed by atoms with Crippen molar-refractivity contribution in [2.45, 2.75) is 33.2 Å². The third kappa shape index (κ3) is 3.73. The van der Waals surface area contributed by atoms with Crippen molar-refractivity contribution < 1.29 is 9.53 Å². The fourth-order valence-corrected chi connectivity index (χ4v) is 1.11. The molecule has 0 aromatic heterocycles. The van der Waals surface area contributed by atoms with Crippen LogP contribution in [0.15, 0.2) is 17.3 Å². The van der Waals surface area contributed by atoms with E-state index in [0.29, 0.717) is 12.4 Å². The molecule has 0 aromatic carbocycles. The molecule has 1 N–H and O–H groups in total. The van der Waals surface area contributed by atoms with Crippen molar-refractivity contribution in [2.24, 2.45) is 10.9 Å². The lowest BCUT2D eigenvalue weighted by molar-refractivity contribution is -0.123. The van der Waals surface area contributed by atoms with E-state index in [-0.39, 0.29) is 17.4 Å². The number of hydrogen-bond acceptors (Lipinski definition) is 3. The fourth-order valence-electron chi connectivity index (χ4n) is 1.11. The highest BCUT2D eigenvalue weighted by Gasteiger charge is 2.18. The Morgan fingerprint density at radius 1 is 1.60 bits per heavy atom. The van der Waals surface area contributed by atoms with Crippen LogP contribution < -0.4 is 5.32 Å². The van der Waals surface area contributed by atoms with Crippen LogP contribution in [-0.2, 0) is 9.53 Å². The van der Waals surface area contributed by atoms with Crippen LogP contribution in [0.5, 0.6) is 0 Å². The van der Waals surface area contributed by atoms with Gasteiger partial charge in [-0.3, -0.25) is 4.79 Å². The van der Waals surface area contributed by atoms with Crippen molar-refractivity contribution >= 4 is 11.8 Å². The van der Waals surface area contributed by atoms with E-state index in [0.717, 1.165) is 0 Å². The van der Waals surface area contributed by atoms with Crippen molar-refractivity contribution in [3.63, 3.8) is 0 Å². The zero-order valence-corrected chi connectivity index (χ0v) is 9.70. The minimum absolute atomic E-state index is 0.00802. The highest BCUT2D eigenvalue weighted by molar-refractivity contribution is 5.86. The standard InChI is InChI=1S/C11H18N2O2/c1-8(2)10(14)12-7-9-13-11(3,4)5-6-15-9/h5-6,8H,7H2,1-4H3,(H,12,14). The lowest BCUT2D eigenvalue weighted by atomic mass is 10.1. The zero-order valence-electron chi connectivity index (χ0n) is 9.70. The van der Waals surface area contributed by atoms with E-state index in [4.69, 9.17) is 4.74 Å². The molecule has 1 heterocycles. The van der Waals surface area contributed by atoms with E-state index in [9.17, 15) is 4.79 Å². The largest absolute Gasteiger partial charge is 0.449 e. The highest BCUT2D eigenvalue weighted by atomic mass is 16.5. The van der Waals surface area contributed by atoms with E-state index in [1.54, 1.807) is 6.26 Å². The summed E-state index contributed by atoms with van der Waals surface area (Å²) in [5.41, 5.74) is -0.240. The summed E-state index contributed by atoms with van der Waals surface area (Å²) in [6, 6.07) is 0. The van der Waals surface area contributed by atoms with E-state index >= 15 is 0 Å². The quantitative estimate of drug-likeness (QED) is 0.767. The van der Waals surface area contributed by atoms with Crippen LogP contribution >= 0.6 is 0 Å². The Morgan fingerprint density at radius 2 is 2.27 bits per heavy atom. The Morgan fingerprint density at radius 3 is 2.80 bits per heavy atom. The summed E-state index contributed by atoms with van der Waals surface area (Å²) in [5.74, 6) is 0.544. The third-order valence-electron chi connectivity index (χ3n) is 2.03. The summed E-state index contributed by atoms with van der Waals surface area (Å²) in [6.07, 6.45) is 3.49. The maximum atomic E-state index is 11.3. The monoisotopic (exact) mass is 210 g/mol. The highest BCUT2D eigenvalue weighted by Crippen LogP contribution is 2.15. The number of amides is 1. The minimum atomic E-state index is -0.240. The predicted octanol–water partition coefficient (Wildman–Crippen LogP) is 1.48. The van der Waals surface area contributed by atoms with Crippen molar-refractivity contribution in [1.82, 2.24) is 5.32 Å². The van der Waals surface area contributed by atoms with Gasteiger partial charge in [0.25, 0.3) is 0 Å². The summed E-state index contributed by atoms with van der Waals surface area (Å²) < 4.78 is 5.20. The van der Waals surface area contributed by atoms with E-state index in [1.165, 1.54) is 0 Å². The Labute approximate surface area is 90.4 Å².